The SMILES string of the molecule is CCNC(=NCC1CCN(C)CC1)NCCCOCC. The summed E-state index contributed by atoms with van der Waals surface area (Å²) in [5.41, 5.74) is 0. The molecule has 0 amide bonds. The van der Waals surface area contributed by atoms with Gasteiger partial charge < -0.3 is 20.3 Å². The minimum absolute atomic E-state index is 0.741. The number of piperidine rings is 1. The number of nitrogens with zero attached hydrogens (tertiary/aromatic N) is 2. The van der Waals surface area contributed by atoms with Crippen LogP contribution in [0, 0.1) is 5.92 Å². The maximum atomic E-state index is 5.34. The molecule has 1 heterocycles. The molecule has 0 radical (unpaired) electrons. The van der Waals surface area contributed by atoms with E-state index in [9.17, 15) is 0 Å². The molecule has 1 rings (SSSR count). The first-order valence-electron chi connectivity index (χ1n) is 8.04. The summed E-state index contributed by atoms with van der Waals surface area (Å²) >= 11 is 0. The molecule has 2 N–H and O–H groups in total. The van der Waals surface area contributed by atoms with Gasteiger partial charge in [-0.2, -0.15) is 0 Å². The van der Waals surface area contributed by atoms with Crippen molar-refractivity contribution in [1.29, 1.82) is 0 Å². The number of aliphatic imine (C=N–C) groups is 1. The Morgan fingerprint density at radius 1 is 1.25 bits per heavy atom. The lowest BCUT2D eigenvalue weighted by molar-refractivity contribution is 0.145. The maximum absolute atomic E-state index is 5.34. The lowest BCUT2D eigenvalue weighted by Gasteiger charge is -2.28. The fraction of sp³-hybridized carbons (Fsp3) is 0.933. The molecule has 0 unspecified atom stereocenters. The van der Waals surface area contributed by atoms with Gasteiger partial charge in [0.15, 0.2) is 5.96 Å². The second kappa shape index (κ2) is 10.9. The maximum Gasteiger partial charge on any atom is 0.191 e. The molecule has 0 spiro atoms. The predicted octanol–water partition coefficient (Wildman–Crippen LogP) is 1.31. The summed E-state index contributed by atoms with van der Waals surface area (Å²) in [6, 6.07) is 0. The van der Waals surface area contributed by atoms with Gasteiger partial charge in [-0.15, -0.1) is 0 Å². The fourth-order valence-electron chi connectivity index (χ4n) is 2.33. The zero-order valence-electron chi connectivity index (χ0n) is 13.5. The van der Waals surface area contributed by atoms with Crippen molar-refractivity contribution < 1.29 is 4.74 Å². The van der Waals surface area contributed by atoms with E-state index in [1.807, 2.05) is 6.92 Å². The van der Waals surface area contributed by atoms with Crippen molar-refractivity contribution >= 4 is 5.96 Å². The molecule has 20 heavy (non-hydrogen) atoms. The number of rotatable bonds is 8. The first-order chi connectivity index (χ1) is 9.76. The molecule has 5 heteroatoms. The van der Waals surface area contributed by atoms with Gasteiger partial charge in [-0.05, 0) is 59.2 Å². The number of ether oxygens (including phenoxy) is 1. The third-order valence-electron chi connectivity index (χ3n) is 3.65. The van der Waals surface area contributed by atoms with E-state index >= 15 is 0 Å². The van der Waals surface area contributed by atoms with Crippen molar-refractivity contribution in [3.63, 3.8) is 0 Å². The minimum Gasteiger partial charge on any atom is -0.382 e. The Balaban J connectivity index is 2.23. The topological polar surface area (TPSA) is 48.9 Å². The number of likely N-dealkylation sites (tertiary alicyclic amines) is 1. The summed E-state index contributed by atoms with van der Waals surface area (Å²) in [6.45, 7) is 10.9. The monoisotopic (exact) mass is 284 g/mol. The van der Waals surface area contributed by atoms with Gasteiger partial charge >= 0.3 is 0 Å². The quantitative estimate of drug-likeness (QED) is 0.401. The van der Waals surface area contributed by atoms with Gasteiger partial charge in [-0.25, -0.2) is 0 Å². The summed E-state index contributed by atoms with van der Waals surface area (Å²) in [5.74, 6) is 1.69. The fourth-order valence-corrected chi connectivity index (χ4v) is 2.33. The van der Waals surface area contributed by atoms with Gasteiger partial charge in [0.05, 0.1) is 0 Å². The van der Waals surface area contributed by atoms with Gasteiger partial charge in [-0.3, -0.25) is 4.99 Å². The van der Waals surface area contributed by atoms with Crippen LogP contribution in [0.25, 0.3) is 0 Å². The van der Waals surface area contributed by atoms with E-state index in [1.54, 1.807) is 0 Å². The highest BCUT2D eigenvalue weighted by Gasteiger charge is 2.16. The Bertz CT molecular complexity index is 263. The molecule has 0 aromatic rings. The largest absolute Gasteiger partial charge is 0.382 e. The van der Waals surface area contributed by atoms with Crippen LogP contribution in [0.5, 0.6) is 0 Å². The Hall–Kier alpha value is -0.810. The number of hydrogen-bond acceptors (Lipinski definition) is 3. The Kier molecular flexibility index (Phi) is 9.41. The minimum atomic E-state index is 0.741. The Morgan fingerprint density at radius 2 is 2.00 bits per heavy atom. The van der Waals surface area contributed by atoms with Gasteiger partial charge in [0.2, 0.25) is 0 Å². The summed E-state index contributed by atoms with van der Waals surface area (Å²) in [6.07, 6.45) is 3.56. The van der Waals surface area contributed by atoms with E-state index in [0.29, 0.717) is 0 Å². The van der Waals surface area contributed by atoms with Crippen LogP contribution >= 0.6 is 0 Å². The molecule has 1 aliphatic heterocycles. The highest BCUT2D eigenvalue weighted by molar-refractivity contribution is 5.79. The Morgan fingerprint density at radius 3 is 2.65 bits per heavy atom. The van der Waals surface area contributed by atoms with Crippen LogP contribution < -0.4 is 10.6 Å². The first kappa shape index (κ1) is 17.2. The number of nitrogens with one attached hydrogen (secondary N) is 2. The molecule has 0 bridgehead atoms. The Labute approximate surface area is 124 Å². The third-order valence-corrected chi connectivity index (χ3v) is 3.65. The molecule has 1 fully saturated rings. The van der Waals surface area contributed by atoms with Crippen molar-refractivity contribution in [2.45, 2.75) is 33.1 Å². The van der Waals surface area contributed by atoms with E-state index in [0.717, 1.165) is 51.1 Å². The molecule has 1 saturated heterocycles. The number of hydrogen-bond donors (Lipinski definition) is 2. The number of guanidine groups is 1. The van der Waals surface area contributed by atoms with E-state index in [1.165, 1.54) is 25.9 Å². The average molecular weight is 284 g/mol. The van der Waals surface area contributed by atoms with E-state index in [4.69, 9.17) is 9.73 Å². The summed E-state index contributed by atoms with van der Waals surface area (Å²) in [4.78, 5) is 7.12. The molecule has 0 saturated carbocycles. The molecular formula is C15H32N4O. The normalized spacial score (nSPS) is 18.2. The standard InChI is InChI=1S/C15H32N4O/c1-4-16-15(17-9-6-12-20-5-2)18-13-14-7-10-19(3)11-8-14/h14H,4-13H2,1-3H3,(H2,16,17,18). The molecule has 5 nitrogen and oxygen atoms in total. The zero-order valence-corrected chi connectivity index (χ0v) is 13.5. The lowest BCUT2D eigenvalue weighted by Crippen LogP contribution is -2.39. The van der Waals surface area contributed by atoms with E-state index in [-0.39, 0.29) is 0 Å². The van der Waals surface area contributed by atoms with Gasteiger partial charge in [-0.1, -0.05) is 0 Å². The molecule has 0 aliphatic carbocycles. The molecule has 118 valence electrons. The van der Waals surface area contributed by atoms with Crippen molar-refractivity contribution in [2.24, 2.45) is 10.9 Å². The highest BCUT2D eigenvalue weighted by atomic mass is 16.5. The molecule has 1 aliphatic rings. The smallest absolute Gasteiger partial charge is 0.191 e. The van der Waals surface area contributed by atoms with Crippen LogP contribution in [0.15, 0.2) is 4.99 Å². The average Bonchev–Trinajstić information content (AvgIpc) is 2.46. The third kappa shape index (κ3) is 7.70. The van der Waals surface area contributed by atoms with E-state index in [2.05, 4.69) is 29.5 Å². The summed E-state index contributed by atoms with van der Waals surface area (Å²) in [5, 5.41) is 6.69. The highest BCUT2D eigenvalue weighted by Crippen LogP contribution is 2.15. The molecule has 0 aromatic carbocycles. The zero-order chi connectivity index (χ0) is 14.6. The second-order valence-corrected chi connectivity index (χ2v) is 5.44. The van der Waals surface area contributed by atoms with Crippen LogP contribution in [0.3, 0.4) is 0 Å². The van der Waals surface area contributed by atoms with Crippen LogP contribution in [0.4, 0.5) is 0 Å². The lowest BCUT2D eigenvalue weighted by atomic mass is 9.97. The first-order valence-corrected chi connectivity index (χ1v) is 8.04. The van der Waals surface area contributed by atoms with Crippen LogP contribution in [0.2, 0.25) is 0 Å². The molecular weight excluding hydrogens is 252 g/mol. The summed E-state index contributed by atoms with van der Waals surface area (Å²) < 4.78 is 5.34. The van der Waals surface area contributed by atoms with Crippen LogP contribution in [-0.2, 0) is 4.74 Å². The van der Waals surface area contributed by atoms with Gasteiger partial charge in [0.1, 0.15) is 0 Å². The van der Waals surface area contributed by atoms with Crippen molar-refractivity contribution in [1.82, 2.24) is 15.5 Å². The predicted molar refractivity (Wildman–Crippen MR) is 85.3 cm³/mol. The van der Waals surface area contributed by atoms with Crippen LogP contribution in [-0.4, -0.2) is 63.8 Å². The summed E-state index contributed by atoms with van der Waals surface area (Å²) in [7, 11) is 2.20. The second-order valence-electron chi connectivity index (χ2n) is 5.44. The van der Waals surface area contributed by atoms with Crippen molar-refractivity contribution in [3.05, 3.63) is 0 Å². The molecule has 0 aromatic heterocycles. The van der Waals surface area contributed by atoms with Gasteiger partial charge in [0, 0.05) is 32.8 Å². The van der Waals surface area contributed by atoms with Crippen molar-refractivity contribution in [2.75, 3.05) is 53.0 Å². The van der Waals surface area contributed by atoms with Gasteiger partial charge in [0.25, 0.3) is 0 Å². The van der Waals surface area contributed by atoms with E-state index < -0.39 is 0 Å². The van der Waals surface area contributed by atoms with Crippen molar-refractivity contribution in [3.8, 4) is 0 Å². The molecule has 0 atom stereocenters. The van der Waals surface area contributed by atoms with Crippen LogP contribution in [0.1, 0.15) is 33.1 Å².